The number of hydrogen-bond donors (Lipinski definition) is 4. The van der Waals surface area contributed by atoms with E-state index in [0.717, 1.165) is 17.7 Å². The second-order valence-corrected chi connectivity index (χ2v) is 10.5. The van der Waals surface area contributed by atoms with E-state index >= 15 is 0 Å². The molecule has 3 amide bonds. The van der Waals surface area contributed by atoms with E-state index in [0.29, 0.717) is 17.2 Å². The molecule has 15 heteroatoms. The second-order valence-electron chi connectivity index (χ2n) is 8.64. The molecule has 0 unspecified atom stereocenters. The summed E-state index contributed by atoms with van der Waals surface area (Å²) in [7, 11) is -2.53. The van der Waals surface area contributed by atoms with Gasteiger partial charge in [0.2, 0.25) is 0 Å². The number of aryl methyl sites for hydroxylation is 1. The molecular formula is C30H32ClF3N4O6S. The number of rotatable bonds is 6. The van der Waals surface area contributed by atoms with Gasteiger partial charge >= 0.3 is 12.2 Å². The fourth-order valence-corrected chi connectivity index (χ4v) is 4.00. The molecule has 0 aliphatic carbocycles. The highest BCUT2D eigenvalue weighted by Gasteiger charge is 2.33. The van der Waals surface area contributed by atoms with Crippen molar-refractivity contribution < 1.29 is 40.5 Å². The molecule has 3 aromatic carbocycles. The Hall–Kier alpha value is -4.66. The Kier molecular flexibility index (Phi) is 14.0. The number of pyridine rings is 1. The van der Waals surface area contributed by atoms with Gasteiger partial charge in [0.15, 0.2) is 0 Å². The Morgan fingerprint density at radius 1 is 0.867 bits per heavy atom. The summed E-state index contributed by atoms with van der Waals surface area (Å²) in [5.41, 5.74) is 0.409. The molecule has 10 nitrogen and oxygen atoms in total. The van der Waals surface area contributed by atoms with Gasteiger partial charge in [-0.2, -0.15) is 21.6 Å². The monoisotopic (exact) mass is 668 g/mol. The molecule has 242 valence electrons. The number of ether oxygens (including phenoxy) is 1. The van der Waals surface area contributed by atoms with Crippen LogP contribution in [0.25, 0.3) is 0 Å². The molecule has 1 heterocycles. The maximum absolute atomic E-state index is 12.9. The summed E-state index contributed by atoms with van der Waals surface area (Å²) >= 11 is 5.57. The quantitative estimate of drug-likeness (QED) is 0.152. The molecule has 0 atom stereocenters. The zero-order valence-electron chi connectivity index (χ0n) is 22.4. The van der Waals surface area contributed by atoms with Gasteiger partial charge in [0.05, 0.1) is 15.5 Å². The molecule has 0 aliphatic heterocycles. The Labute approximate surface area is 264 Å². The molecule has 0 spiro atoms. The van der Waals surface area contributed by atoms with Crippen molar-refractivity contribution in [2.45, 2.75) is 32.8 Å². The zero-order chi connectivity index (χ0) is 31.8. The maximum Gasteiger partial charge on any atom is 0.417 e. The van der Waals surface area contributed by atoms with Crippen molar-refractivity contribution >= 4 is 45.0 Å². The van der Waals surface area contributed by atoms with E-state index in [9.17, 15) is 31.2 Å². The fourth-order valence-electron chi connectivity index (χ4n) is 3.29. The van der Waals surface area contributed by atoms with Crippen LogP contribution in [0, 0.1) is 6.92 Å². The minimum Gasteiger partial charge on any atom is -0.457 e. The third kappa shape index (κ3) is 11.7. The number of benzene rings is 3. The summed E-state index contributed by atoms with van der Waals surface area (Å²) < 4.78 is 74.0. The van der Waals surface area contributed by atoms with Gasteiger partial charge in [-0.25, -0.2) is 4.79 Å². The van der Waals surface area contributed by atoms with Crippen LogP contribution in [0.5, 0.6) is 11.5 Å². The number of carbonyl (C=O) groups excluding carboxylic acids is 2. The molecule has 0 saturated carbocycles. The van der Waals surface area contributed by atoms with Crippen LogP contribution in [-0.4, -0.2) is 36.9 Å². The van der Waals surface area contributed by atoms with Gasteiger partial charge in [0.1, 0.15) is 17.2 Å². The number of nitrogens with one attached hydrogen (secondary N) is 3. The van der Waals surface area contributed by atoms with Crippen molar-refractivity contribution in [3.63, 3.8) is 0 Å². The van der Waals surface area contributed by atoms with Gasteiger partial charge in [-0.15, -0.1) is 0 Å². The number of amides is 3. The summed E-state index contributed by atoms with van der Waals surface area (Å²) in [6, 6.07) is 17.6. The minimum absolute atomic E-state index is 0. The molecule has 4 aromatic rings. The highest BCUT2D eigenvalue weighted by molar-refractivity contribution is 7.85. The van der Waals surface area contributed by atoms with E-state index in [4.69, 9.17) is 20.9 Å². The van der Waals surface area contributed by atoms with Crippen LogP contribution < -0.4 is 20.7 Å². The third-order valence-corrected chi connectivity index (χ3v) is 6.58. The molecule has 0 radical (unpaired) electrons. The fraction of sp³-hybridized carbons (Fsp3) is 0.167. The summed E-state index contributed by atoms with van der Waals surface area (Å²) in [5, 5.41) is 6.83. The Bertz CT molecular complexity index is 1700. The lowest BCUT2D eigenvalue weighted by atomic mass is 10.2. The van der Waals surface area contributed by atoms with Crippen LogP contribution in [0.1, 0.15) is 36.5 Å². The molecular weight excluding hydrogens is 637 g/mol. The van der Waals surface area contributed by atoms with Crippen LogP contribution in [0.4, 0.5) is 29.3 Å². The first-order chi connectivity index (χ1) is 20.2. The number of nitrogens with zero attached hydrogens (tertiary/aromatic N) is 1. The van der Waals surface area contributed by atoms with E-state index in [1.54, 1.807) is 42.5 Å². The number of halogens is 4. The van der Waals surface area contributed by atoms with E-state index < -0.39 is 32.9 Å². The molecule has 1 aromatic heterocycles. The number of carbonyl (C=O) groups is 2. The topological polar surface area (TPSA) is 147 Å². The average molecular weight is 669 g/mol. The predicted octanol–water partition coefficient (Wildman–Crippen LogP) is 8.06. The lowest BCUT2D eigenvalue weighted by Crippen LogP contribution is -2.19. The van der Waals surface area contributed by atoms with Gasteiger partial charge in [-0.1, -0.05) is 44.2 Å². The van der Waals surface area contributed by atoms with E-state index in [1.807, 2.05) is 6.92 Å². The molecule has 45 heavy (non-hydrogen) atoms. The Morgan fingerprint density at radius 3 is 2.00 bits per heavy atom. The highest BCUT2D eigenvalue weighted by Crippen LogP contribution is 2.36. The number of anilines is 2. The van der Waals surface area contributed by atoms with Crippen LogP contribution in [0.15, 0.2) is 90.0 Å². The highest BCUT2D eigenvalue weighted by atomic mass is 35.5. The smallest absolute Gasteiger partial charge is 0.417 e. The number of aromatic nitrogens is 1. The van der Waals surface area contributed by atoms with Crippen LogP contribution in [-0.2, 0) is 16.3 Å². The first kappa shape index (κ1) is 38.4. The lowest BCUT2D eigenvalue weighted by Gasteiger charge is -2.12. The lowest BCUT2D eigenvalue weighted by molar-refractivity contribution is -0.137. The van der Waals surface area contributed by atoms with Gasteiger partial charge in [-0.3, -0.25) is 14.3 Å². The van der Waals surface area contributed by atoms with E-state index in [1.165, 1.54) is 37.5 Å². The van der Waals surface area contributed by atoms with Crippen molar-refractivity contribution in [3.8, 4) is 11.5 Å². The Balaban J connectivity index is 0.000000661. The normalized spacial score (nSPS) is 10.6. The minimum atomic E-state index is -4.64. The van der Waals surface area contributed by atoms with Crippen molar-refractivity contribution in [2.75, 3.05) is 17.7 Å². The summed E-state index contributed by atoms with van der Waals surface area (Å²) in [4.78, 5) is 27.6. The van der Waals surface area contributed by atoms with Crippen molar-refractivity contribution in [1.82, 2.24) is 10.3 Å². The average Bonchev–Trinajstić information content (AvgIpc) is 2.94. The number of urea groups is 1. The standard InChI is InChI=1S/C21H16ClF3N4O3.C7H8O3S.2CH4/c1-26-19(30)18-11-15(8-9-27-18)32-14-5-2-12(3-6-14)28-20(31)29-13-4-7-17(22)16(10-13)21(23,24)25;1-6-2-4-7(5-3-6)11(8,9)10;;/h2-11H,1H3,(H,26,30)(H2,28,29,31);2-5H,1H3,(H,8,9,10);2*1H4. The summed E-state index contributed by atoms with van der Waals surface area (Å²) in [6.45, 7) is 1.84. The van der Waals surface area contributed by atoms with E-state index in [2.05, 4.69) is 20.9 Å². The van der Waals surface area contributed by atoms with Crippen LogP contribution in [0.3, 0.4) is 0 Å². The second kappa shape index (κ2) is 16.4. The number of hydrogen-bond acceptors (Lipinski definition) is 6. The van der Waals surface area contributed by atoms with Gasteiger partial charge < -0.3 is 20.7 Å². The van der Waals surface area contributed by atoms with Gasteiger partial charge in [0.25, 0.3) is 16.0 Å². The summed E-state index contributed by atoms with van der Waals surface area (Å²) in [6.07, 6.45) is -3.21. The first-order valence-corrected chi connectivity index (χ1v) is 13.9. The van der Waals surface area contributed by atoms with Gasteiger partial charge in [-0.05, 0) is 67.6 Å². The molecule has 0 bridgehead atoms. The van der Waals surface area contributed by atoms with Crippen molar-refractivity contribution in [1.29, 1.82) is 0 Å². The van der Waals surface area contributed by atoms with Crippen molar-refractivity contribution in [2.24, 2.45) is 0 Å². The molecule has 0 fully saturated rings. The third-order valence-electron chi connectivity index (χ3n) is 5.39. The molecule has 4 rings (SSSR count). The molecule has 0 saturated heterocycles. The maximum atomic E-state index is 12.9. The van der Waals surface area contributed by atoms with E-state index in [-0.39, 0.29) is 37.0 Å². The van der Waals surface area contributed by atoms with Crippen LogP contribution >= 0.6 is 11.6 Å². The summed E-state index contributed by atoms with van der Waals surface area (Å²) in [5.74, 6) is 0.460. The van der Waals surface area contributed by atoms with Crippen molar-refractivity contribution in [3.05, 3.63) is 107 Å². The van der Waals surface area contributed by atoms with Gasteiger partial charge in [0, 0.05) is 30.7 Å². The first-order valence-electron chi connectivity index (χ1n) is 12.1. The largest absolute Gasteiger partial charge is 0.457 e. The van der Waals surface area contributed by atoms with Crippen LogP contribution in [0.2, 0.25) is 5.02 Å². The Morgan fingerprint density at radius 2 is 1.44 bits per heavy atom. The predicted molar refractivity (Wildman–Crippen MR) is 168 cm³/mol. The number of alkyl halides is 3. The molecule has 4 N–H and O–H groups in total. The molecule has 0 aliphatic rings. The zero-order valence-corrected chi connectivity index (χ0v) is 24.0. The SMILES string of the molecule is C.C.CNC(=O)c1cc(Oc2ccc(NC(=O)Nc3ccc(Cl)c(C(F)(F)F)c3)cc2)ccn1.Cc1ccc(S(=O)(=O)O)cc1.